The van der Waals surface area contributed by atoms with E-state index in [1.165, 1.54) is 0 Å². The van der Waals surface area contributed by atoms with Crippen molar-refractivity contribution in [2.75, 3.05) is 13.1 Å². The van der Waals surface area contributed by atoms with Gasteiger partial charge in [-0.3, -0.25) is 9.59 Å². The van der Waals surface area contributed by atoms with Crippen LogP contribution in [0.3, 0.4) is 0 Å². The van der Waals surface area contributed by atoms with Crippen molar-refractivity contribution in [3.05, 3.63) is 108 Å². The van der Waals surface area contributed by atoms with Gasteiger partial charge in [0.05, 0.1) is 5.92 Å². The number of benzene rings is 3. The Kier molecular flexibility index (Phi) is 7.34. The van der Waals surface area contributed by atoms with Crippen molar-refractivity contribution in [1.82, 2.24) is 10.2 Å². The summed E-state index contributed by atoms with van der Waals surface area (Å²) in [6.07, 6.45) is 3.69. The van der Waals surface area contributed by atoms with E-state index < -0.39 is 12.0 Å². The van der Waals surface area contributed by atoms with Crippen LogP contribution in [0.15, 0.2) is 91.0 Å². The van der Waals surface area contributed by atoms with Gasteiger partial charge >= 0.3 is 0 Å². The average Bonchev–Trinajstić information content (AvgIpc) is 2.86. The normalized spacial score (nSPS) is 14.7. The fourth-order valence-corrected chi connectivity index (χ4v) is 4.43. The van der Waals surface area contributed by atoms with E-state index in [1.807, 2.05) is 95.9 Å². The van der Waals surface area contributed by atoms with E-state index in [2.05, 4.69) is 5.32 Å². The van der Waals surface area contributed by atoms with Gasteiger partial charge in [-0.15, -0.1) is 0 Å². The highest BCUT2D eigenvalue weighted by molar-refractivity contribution is 5.92. The molecule has 1 N–H and O–H groups in total. The van der Waals surface area contributed by atoms with Crippen molar-refractivity contribution < 1.29 is 9.59 Å². The zero-order valence-electron chi connectivity index (χ0n) is 18.3. The van der Waals surface area contributed by atoms with Crippen molar-refractivity contribution in [2.24, 2.45) is 0 Å². The molecule has 1 atom stereocenters. The Labute approximate surface area is 190 Å². The van der Waals surface area contributed by atoms with E-state index in [-0.39, 0.29) is 11.8 Å². The highest BCUT2D eigenvalue weighted by Crippen LogP contribution is 2.25. The number of piperidine rings is 1. The van der Waals surface area contributed by atoms with Gasteiger partial charge in [0.15, 0.2) is 0 Å². The molecule has 4 nitrogen and oxygen atoms in total. The van der Waals surface area contributed by atoms with Gasteiger partial charge in [-0.1, -0.05) is 91.0 Å². The maximum atomic E-state index is 13.7. The summed E-state index contributed by atoms with van der Waals surface area (Å²) in [7, 11) is 0. The predicted octanol–water partition coefficient (Wildman–Crippen LogP) is 4.56. The molecule has 0 unspecified atom stereocenters. The highest BCUT2D eigenvalue weighted by atomic mass is 16.2. The first kappa shape index (κ1) is 21.8. The van der Waals surface area contributed by atoms with E-state index in [0.717, 1.165) is 49.0 Å². The summed E-state index contributed by atoms with van der Waals surface area (Å²) in [6, 6.07) is 28.9. The maximum Gasteiger partial charge on any atom is 0.245 e. The third-order valence-corrected chi connectivity index (χ3v) is 6.09. The van der Waals surface area contributed by atoms with E-state index in [1.54, 1.807) is 0 Å². The predicted molar refractivity (Wildman–Crippen MR) is 127 cm³/mol. The number of nitrogens with zero attached hydrogens (tertiary/aromatic N) is 1. The van der Waals surface area contributed by atoms with Crippen LogP contribution < -0.4 is 5.32 Å². The second-order valence-corrected chi connectivity index (χ2v) is 8.39. The lowest BCUT2D eigenvalue weighted by Crippen LogP contribution is -2.52. The minimum Gasteiger partial charge on any atom is -0.343 e. The topological polar surface area (TPSA) is 49.4 Å². The third-order valence-electron chi connectivity index (χ3n) is 6.09. The monoisotopic (exact) mass is 426 g/mol. The van der Waals surface area contributed by atoms with Crippen molar-refractivity contribution in [3.8, 4) is 0 Å². The zero-order valence-corrected chi connectivity index (χ0v) is 18.3. The molecule has 1 aliphatic rings. The molecule has 4 heteroatoms. The Morgan fingerprint density at radius 1 is 0.719 bits per heavy atom. The minimum absolute atomic E-state index is 0.0155. The molecule has 1 saturated heterocycles. The summed E-state index contributed by atoms with van der Waals surface area (Å²) < 4.78 is 0. The van der Waals surface area contributed by atoms with Gasteiger partial charge in [0.1, 0.15) is 6.04 Å². The van der Waals surface area contributed by atoms with Crippen LogP contribution in [0.2, 0.25) is 0 Å². The third kappa shape index (κ3) is 5.44. The molecule has 0 saturated carbocycles. The number of amides is 2. The number of carbonyl (C=O) groups excluding carboxylic acids is 2. The van der Waals surface area contributed by atoms with Gasteiger partial charge in [0, 0.05) is 19.5 Å². The number of likely N-dealkylation sites (tertiary alicyclic amines) is 1. The Morgan fingerprint density at radius 2 is 1.22 bits per heavy atom. The van der Waals surface area contributed by atoms with Crippen molar-refractivity contribution in [1.29, 1.82) is 0 Å². The Balaban J connectivity index is 1.61. The molecule has 0 bridgehead atoms. The summed E-state index contributed by atoms with van der Waals surface area (Å²) in [6.45, 7) is 1.53. The highest BCUT2D eigenvalue weighted by Gasteiger charge is 2.31. The lowest BCUT2D eigenvalue weighted by atomic mass is 9.90. The van der Waals surface area contributed by atoms with Crippen LogP contribution in [0.5, 0.6) is 0 Å². The summed E-state index contributed by atoms with van der Waals surface area (Å²) in [5.74, 6) is -0.597. The van der Waals surface area contributed by atoms with Crippen molar-refractivity contribution >= 4 is 11.8 Å². The first-order chi connectivity index (χ1) is 15.7. The SMILES string of the molecule is O=C(N[C@H](Cc1ccccc1)C(=O)N1CCCCC1)C(c1ccccc1)c1ccccc1. The van der Waals surface area contributed by atoms with E-state index in [0.29, 0.717) is 6.42 Å². The smallest absolute Gasteiger partial charge is 0.245 e. The largest absolute Gasteiger partial charge is 0.343 e. The summed E-state index contributed by atoms with van der Waals surface area (Å²) in [5, 5.41) is 3.13. The number of hydrogen-bond donors (Lipinski definition) is 1. The molecule has 32 heavy (non-hydrogen) atoms. The second-order valence-electron chi connectivity index (χ2n) is 8.39. The van der Waals surface area contributed by atoms with Gasteiger partial charge in [-0.2, -0.15) is 0 Å². The molecule has 3 aromatic carbocycles. The first-order valence-electron chi connectivity index (χ1n) is 11.5. The summed E-state index contributed by atoms with van der Waals surface area (Å²) >= 11 is 0. The maximum absolute atomic E-state index is 13.7. The lowest BCUT2D eigenvalue weighted by Gasteiger charge is -2.31. The Morgan fingerprint density at radius 3 is 1.75 bits per heavy atom. The van der Waals surface area contributed by atoms with Gasteiger partial charge in [-0.05, 0) is 36.0 Å². The van der Waals surface area contributed by atoms with E-state index in [4.69, 9.17) is 0 Å². The molecule has 4 rings (SSSR count). The Bertz CT molecular complexity index is 960. The molecule has 0 aliphatic carbocycles. The number of hydrogen-bond acceptors (Lipinski definition) is 2. The van der Waals surface area contributed by atoms with Crippen molar-refractivity contribution in [2.45, 2.75) is 37.6 Å². The van der Waals surface area contributed by atoms with Crippen LogP contribution in [-0.4, -0.2) is 35.8 Å². The van der Waals surface area contributed by atoms with Crippen LogP contribution in [-0.2, 0) is 16.0 Å². The van der Waals surface area contributed by atoms with E-state index >= 15 is 0 Å². The molecule has 0 aromatic heterocycles. The standard InChI is InChI=1S/C28H30N2O2/c31-27(26(23-15-7-2-8-16-23)24-17-9-3-10-18-24)29-25(21-22-13-5-1-6-14-22)28(32)30-19-11-4-12-20-30/h1-3,5-10,13-18,25-26H,4,11-12,19-21H2,(H,29,31)/t25-/m1/s1. The number of carbonyl (C=O) groups is 2. The zero-order chi connectivity index (χ0) is 22.2. The lowest BCUT2D eigenvalue weighted by molar-refractivity contribution is -0.137. The molecule has 2 amide bonds. The molecule has 0 spiro atoms. The van der Waals surface area contributed by atoms with Crippen LogP contribution in [0.1, 0.15) is 41.9 Å². The Hall–Kier alpha value is -3.40. The molecule has 3 aromatic rings. The summed E-state index contributed by atoms with van der Waals surface area (Å²) in [5.41, 5.74) is 2.87. The van der Waals surface area contributed by atoms with Gasteiger partial charge in [0.25, 0.3) is 0 Å². The second kappa shape index (κ2) is 10.8. The van der Waals surface area contributed by atoms with Crippen molar-refractivity contribution in [3.63, 3.8) is 0 Å². The average molecular weight is 427 g/mol. The van der Waals surface area contributed by atoms with Crippen LogP contribution in [0.25, 0.3) is 0 Å². The molecular weight excluding hydrogens is 396 g/mol. The minimum atomic E-state index is -0.585. The number of rotatable bonds is 7. The van der Waals surface area contributed by atoms with Crippen LogP contribution in [0, 0.1) is 0 Å². The van der Waals surface area contributed by atoms with Crippen LogP contribution >= 0.6 is 0 Å². The molecular formula is C28H30N2O2. The molecule has 1 aliphatic heterocycles. The van der Waals surface area contributed by atoms with Gasteiger partial charge < -0.3 is 10.2 Å². The van der Waals surface area contributed by atoms with E-state index in [9.17, 15) is 9.59 Å². The number of nitrogens with one attached hydrogen (secondary N) is 1. The molecule has 1 fully saturated rings. The molecule has 1 heterocycles. The van der Waals surface area contributed by atoms with Crippen LogP contribution in [0.4, 0.5) is 0 Å². The fourth-order valence-electron chi connectivity index (χ4n) is 4.43. The van der Waals surface area contributed by atoms with Gasteiger partial charge in [-0.25, -0.2) is 0 Å². The van der Waals surface area contributed by atoms with Gasteiger partial charge in [0.2, 0.25) is 11.8 Å². The summed E-state index contributed by atoms with van der Waals surface area (Å²) in [4.78, 5) is 29.0. The molecule has 164 valence electrons. The fraction of sp³-hybridized carbons (Fsp3) is 0.286. The quantitative estimate of drug-likeness (QED) is 0.602. The molecule has 0 radical (unpaired) electrons. The first-order valence-corrected chi connectivity index (χ1v) is 11.5.